The third-order valence-electron chi connectivity index (χ3n) is 2.29. The number of aliphatic hydroxyl groups excluding tert-OH is 4. The molecule has 1 rings (SSSR count). The molecule has 0 unspecified atom stereocenters. The molecule has 1 fully saturated rings. The number of hydrogen-bond acceptors (Lipinski definition) is 5. The van der Waals surface area contributed by atoms with E-state index in [1.54, 1.807) is 0 Å². The number of aliphatic hydroxyl groups is 4. The molecule has 0 aromatic carbocycles. The fraction of sp³-hybridized carbons (Fsp3) is 1.00. The second kappa shape index (κ2) is 4.88. The molecule has 0 radical (unpaired) electrons. The highest BCUT2D eigenvalue weighted by Gasteiger charge is 2.41. The highest BCUT2D eigenvalue weighted by molar-refractivity contribution is 4.89. The molecule has 0 aromatic heterocycles. The summed E-state index contributed by atoms with van der Waals surface area (Å²) in [5.74, 6) is 0. The minimum atomic E-state index is -1.02. The molecule has 5 nitrogen and oxygen atoms in total. The van der Waals surface area contributed by atoms with E-state index in [0.29, 0.717) is 12.8 Å². The van der Waals surface area contributed by atoms with Crippen LogP contribution in [0.5, 0.6) is 0 Å². The molecule has 0 bridgehead atoms. The molecule has 5 heteroatoms. The van der Waals surface area contributed by atoms with Crippen molar-refractivity contribution in [2.24, 2.45) is 0 Å². The summed E-state index contributed by atoms with van der Waals surface area (Å²) in [6.45, 7) is -0.264. The van der Waals surface area contributed by atoms with Crippen molar-refractivity contribution in [2.75, 3.05) is 13.2 Å². The first-order valence-electron chi connectivity index (χ1n) is 4.44. The highest BCUT2D eigenvalue weighted by atomic mass is 16.6. The van der Waals surface area contributed by atoms with Gasteiger partial charge in [-0.15, -0.1) is 0 Å². The van der Waals surface area contributed by atoms with Crippen LogP contribution in [-0.2, 0) is 4.74 Å². The van der Waals surface area contributed by atoms with Crippen LogP contribution in [0, 0.1) is 0 Å². The van der Waals surface area contributed by atoms with Crippen molar-refractivity contribution >= 4 is 0 Å². The maximum atomic E-state index is 9.42. The fourth-order valence-corrected chi connectivity index (χ4v) is 1.51. The summed E-state index contributed by atoms with van der Waals surface area (Å²) in [5.41, 5.74) is 0. The van der Waals surface area contributed by atoms with Crippen molar-refractivity contribution in [2.45, 2.75) is 37.3 Å². The van der Waals surface area contributed by atoms with E-state index in [4.69, 9.17) is 14.9 Å². The van der Waals surface area contributed by atoms with Crippen LogP contribution in [0.2, 0.25) is 0 Å². The van der Waals surface area contributed by atoms with Crippen LogP contribution in [0.1, 0.15) is 12.8 Å². The van der Waals surface area contributed by atoms with Crippen molar-refractivity contribution in [1.82, 2.24) is 0 Å². The Labute approximate surface area is 76.6 Å². The first-order chi connectivity index (χ1) is 6.20. The van der Waals surface area contributed by atoms with Crippen molar-refractivity contribution in [3.63, 3.8) is 0 Å². The van der Waals surface area contributed by atoms with Gasteiger partial charge in [-0.25, -0.2) is 0 Å². The van der Waals surface area contributed by atoms with Gasteiger partial charge >= 0.3 is 0 Å². The van der Waals surface area contributed by atoms with Gasteiger partial charge in [-0.2, -0.15) is 0 Å². The maximum absolute atomic E-state index is 9.42. The summed E-state index contributed by atoms with van der Waals surface area (Å²) >= 11 is 0. The summed E-state index contributed by atoms with van der Waals surface area (Å²) in [4.78, 5) is 0. The molecule has 1 heterocycles. The third kappa shape index (κ3) is 2.38. The third-order valence-corrected chi connectivity index (χ3v) is 2.29. The van der Waals surface area contributed by atoms with Crippen LogP contribution in [0.15, 0.2) is 0 Å². The standard InChI is InChI=1S/C8H16O5/c9-3-1-2-5-7(11)8(12)6(4-10)13-5/h5-12H,1-4H2/t5-,6+,7+,8+/m0/s1. The number of ether oxygens (including phenoxy) is 1. The summed E-state index contributed by atoms with van der Waals surface area (Å²) < 4.78 is 5.18. The van der Waals surface area contributed by atoms with Gasteiger partial charge in [0.15, 0.2) is 0 Å². The van der Waals surface area contributed by atoms with E-state index in [-0.39, 0.29) is 13.2 Å². The number of hydrogen-bond donors (Lipinski definition) is 4. The average molecular weight is 192 g/mol. The summed E-state index contributed by atoms with van der Waals surface area (Å²) in [6, 6.07) is 0. The van der Waals surface area contributed by atoms with Gasteiger partial charge in [-0.05, 0) is 12.8 Å². The molecule has 1 aliphatic heterocycles. The highest BCUT2D eigenvalue weighted by Crippen LogP contribution is 2.23. The van der Waals surface area contributed by atoms with Crippen molar-refractivity contribution in [1.29, 1.82) is 0 Å². The molecule has 1 aliphatic rings. The summed E-state index contributed by atoms with van der Waals surface area (Å²) in [5, 5.41) is 36.1. The van der Waals surface area contributed by atoms with Crippen LogP contribution in [0.3, 0.4) is 0 Å². The van der Waals surface area contributed by atoms with Crippen molar-refractivity contribution in [3.8, 4) is 0 Å². The largest absolute Gasteiger partial charge is 0.396 e. The minimum absolute atomic E-state index is 0.0342. The Bertz CT molecular complexity index is 151. The van der Waals surface area contributed by atoms with Crippen molar-refractivity contribution in [3.05, 3.63) is 0 Å². The average Bonchev–Trinajstić information content (AvgIpc) is 2.41. The normalized spacial score (nSPS) is 39.7. The zero-order valence-electron chi connectivity index (χ0n) is 7.33. The first kappa shape index (κ1) is 10.9. The lowest BCUT2D eigenvalue weighted by atomic mass is 10.0. The Morgan fingerprint density at radius 1 is 1.00 bits per heavy atom. The lowest BCUT2D eigenvalue weighted by molar-refractivity contribution is -0.0254. The Balaban J connectivity index is 2.40. The van der Waals surface area contributed by atoms with E-state index in [1.165, 1.54) is 0 Å². The topological polar surface area (TPSA) is 90.2 Å². The van der Waals surface area contributed by atoms with Crippen LogP contribution in [0.25, 0.3) is 0 Å². The van der Waals surface area contributed by atoms with E-state index in [2.05, 4.69) is 0 Å². The molecule has 0 aromatic rings. The molecule has 0 spiro atoms. The van der Waals surface area contributed by atoms with E-state index in [9.17, 15) is 10.2 Å². The fourth-order valence-electron chi connectivity index (χ4n) is 1.51. The number of rotatable bonds is 4. The quantitative estimate of drug-likeness (QED) is 0.423. The molecule has 13 heavy (non-hydrogen) atoms. The zero-order chi connectivity index (χ0) is 9.84. The Kier molecular flexibility index (Phi) is 4.08. The Morgan fingerprint density at radius 3 is 2.08 bits per heavy atom. The molecule has 1 saturated heterocycles. The van der Waals surface area contributed by atoms with Gasteiger partial charge in [-0.1, -0.05) is 0 Å². The van der Waals surface area contributed by atoms with Crippen LogP contribution >= 0.6 is 0 Å². The smallest absolute Gasteiger partial charge is 0.111 e. The van der Waals surface area contributed by atoms with Crippen LogP contribution < -0.4 is 0 Å². The second-order valence-corrected chi connectivity index (χ2v) is 3.24. The minimum Gasteiger partial charge on any atom is -0.396 e. The molecule has 0 amide bonds. The molecule has 0 aliphatic carbocycles. The van der Waals surface area contributed by atoms with Gasteiger partial charge in [0.2, 0.25) is 0 Å². The lowest BCUT2D eigenvalue weighted by Crippen LogP contribution is -2.33. The molecular formula is C8H16O5. The van der Waals surface area contributed by atoms with Gasteiger partial charge < -0.3 is 25.2 Å². The zero-order valence-corrected chi connectivity index (χ0v) is 7.33. The van der Waals surface area contributed by atoms with Gasteiger partial charge in [0, 0.05) is 6.61 Å². The van der Waals surface area contributed by atoms with Crippen molar-refractivity contribution < 1.29 is 25.2 Å². The Hall–Kier alpha value is -0.200. The molecule has 78 valence electrons. The monoisotopic (exact) mass is 192 g/mol. The first-order valence-corrected chi connectivity index (χ1v) is 4.44. The van der Waals surface area contributed by atoms with Crippen LogP contribution in [0.4, 0.5) is 0 Å². The SMILES string of the molecule is OCCC[C@@H]1O[C@H](CO)[C@@H](O)[C@@H]1O. The van der Waals surface area contributed by atoms with E-state index in [1.807, 2.05) is 0 Å². The summed E-state index contributed by atoms with van der Waals surface area (Å²) in [6.07, 6.45) is -2.13. The van der Waals surface area contributed by atoms with E-state index in [0.717, 1.165) is 0 Å². The van der Waals surface area contributed by atoms with Crippen LogP contribution in [-0.4, -0.2) is 58.1 Å². The second-order valence-electron chi connectivity index (χ2n) is 3.24. The molecule has 4 atom stereocenters. The molecule has 0 saturated carbocycles. The molecule has 4 N–H and O–H groups in total. The van der Waals surface area contributed by atoms with Gasteiger partial charge in [-0.3, -0.25) is 0 Å². The predicted octanol–water partition coefficient (Wildman–Crippen LogP) is -1.76. The summed E-state index contributed by atoms with van der Waals surface area (Å²) in [7, 11) is 0. The van der Waals surface area contributed by atoms with E-state index >= 15 is 0 Å². The van der Waals surface area contributed by atoms with Gasteiger partial charge in [0.05, 0.1) is 12.7 Å². The predicted molar refractivity (Wildman–Crippen MR) is 44.1 cm³/mol. The Morgan fingerprint density at radius 2 is 1.62 bits per heavy atom. The van der Waals surface area contributed by atoms with E-state index < -0.39 is 24.4 Å². The van der Waals surface area contributed by atoms with Gasteiger partial charge in [0.25, 0.3) is 0 Å². The molecular weight excluding hydrogens is 176 g/mol. The lowest BCUT2D eigenvalue weighted by Gasteiger charge is -2.13. The maximum Gasteiger partial charge on any atom is 0.111 e. The van der Waals surface area contributed by atoms with Gasteiger partial charge in [0.1, 0.15) is 18.3 Å².